The van der Waals surface area contributed by atoms with E-state index in [1.807, 2.05) is 13.8 Å². The van der Waals surface area contributed by atoms with Crippen molar-refractivity contribution in [2.75, 3.05) is 26.2 Å². The first-order chi connectivity index (χ1) is 9.40. The van der Waals surface area contributed by atoms with Gasteiger partial charge >= 0.3 is 0 Å². The van der Waals surface area contributed by atoms with Gasteiger partial charge in [-0.2, -0.15) is 4.98 Å². The number of piperazine rings is 1. The van der Waals surface area contributed by atoms with Crippen molar-refractivity contribution in [3.63, 3.8) is 0 Å². The Hall–Kier alpha value is -0.980. The van der Waals surface area contributed by atoms with Crippen LogP contribution in [0.1, 0.15) is 45.8 Å². The maximum atomic E-state index is 5.96. The second kappa shape index (κ2) is 6.20. The molecule has 0 amide bonds. The minimum absolute atomic E-state index is 0.545. The Morgan fingerprint density at radius 3 is 2.45 bits per heavy atom. The molecule has 0 spiro atoms. The van der Waals surface area contributed by atoms with E-state index in [2.05, 4.69) is 33.8 Å². The van der Waals surface area contributed by atoms with Gasteiger partial charge in [-0.1, -0.05) is 12.1 Å². The van der Waals surface area contributed by atoms with Crippen molar-refractivity contribution in [1.82, 2.24) is 19.9 Å². The molecule has 6 heteroatoms. The van der Waals surface area contributed by atoms with Crippen molar-refractivity contribution in [3.8, 4) is 0 Å². The van der Waals surface area contributed by atoms with E-state index < -0.39 is 5.54 Å². The van der Waals surface area contributed by atoms with Crippen LogP contribution >= 0.6 is 0 Å². The third kappa shape index (κ3) is 3.77. The molecular formula is C14H27N5O. The zero-order valence-electron chi connectivity index (χ0n) is 13.1. The number of hydrogen-bond acceptors (Lipinski definition) is 6. The summed E-state index contributed by atoms with van der Waals surface area (Å²) < 4.78 is 5.29. The molecule has 0 aromatic carbocycles. The van der Waals surface area contributed by atoms with Crippen molar-refractivity contribution in [3.05, 3.63) is 11.7 Å². The van der Waals surface area contributed by atoms with Gasteiger partial charge in [-0.05, 0) is 27.2 Å². The Morgan fingerprint density at radius 2 is 1.95 bits per heavy atom. The molecule has 1 aromatic rings. The second-order valence-electron chi connectivity index (χ2n) is 6.30. The van der Waals surface area contributed by atoms with E-state index in [0.717, 1.165) is 32.7 Å². The quantitative estimate of drug-likeness (QED) is 0.874. The highest BCUT2D eigenvalue weighted by Crippen LogP contribution is 2.15. The average molecular weight is 281 g/mol. The van der Waals surface area contributed by atoms with Crippen LogP contribution in [-0.4, -0.2) is 52.2 Å². The SMILES string of the molecule is CCC(C)N1CCN(Cc2nc(C(C)(C)N)no2)CC1. The third-order valence-corrected chi connectivity index (χ3v) is 4.02. The summed E-state index contributed by atoms with van der Waals surface area (Å²) in [6.07, 6.45) is 1.21. The van der Waals surface area contributed by atoms with Crippen LogP contribution in [-0.2, 0) is 12.1 Å². The molecule has 114 valence electrons. The molecule has 0 saturated carbocycles. The summed E-state index contributed by atoms with van der Waals surface area (Å²) in [6, 6.07) is 0.671. The first-order valence-electron chi connectivity index (χ1n) is 7.48. The molecule has 1 aliphatic heterocycles. The summed E-state index contributed by atoms with van der Waals surface area (Å²) in [7, 11) is 0. The highest BCUT2D eigenvalue weighted by atomic mass is 16.5. The third-order valence-electron chi connectivity index (χ3n) is 4.02. The normalized spacial score (nSPS) is 20.2. The minimum atomic E-state index is -0.545. The second-order valence-corrected chi connectivity index (χ2v) is 6.30. The van der Waals surface area contributed by atoms with Gasteiger partial charge in [0.2, 0.25) is 5.89 Å². The molecule has 1 saturated heterocycles. The minimum Gasteiger partial charge on any atom is -0.338 e. The average Bonchev–Trinajstić information content (AvgIpc) is 2.87. The van der Waals surface area contributed by atoms with E-state index in [1.165, 1.54) is 6.42 Å². The van der Waals surface area contributed by atoms with Gasteiger partial charge in [0.25, 0.3) is 0 Å². The van der Waals surface area contributed by atoms with Crippen LogP contribution in [0.2, 0.25) is 0 Å². The van der Waals surface area contributed by atoms with Crippen LogP contribution in [0.4, 0.5) is 0 Å². The molecular weight excluding hydrogens is 254 g/mol. The Balaban J connectivity index is 1.85. The summed E-state index contributed by atoms with van der Waals surface area (Å²) in [6.45, 7) is 13.3. The summed E-state index contributed by atoms with van der Waals surface area (Å²) in [5.41, 5.74) is 5.42. The van der Waals surface area contributed by atoms with Crippen LogP contribution in [0.15, 0.2) is 4.52 Å². The van der Waals surface area contributed by atoms with Crippen molar-refractivity contribution in [1.29, 1.82) is 0 Å². The maximum Gasteiger partial charge on any atom is 0.240 e. The lowest BCUT2D eigenvalue weighted by molar-refractivity contribution is 0.0892. The molecule has 2 N–H and O–H groups in total. The fourth-order valence-electron chi connectivity index (χ4n) is 2.39. The van der Waals surface area contributed by atoms with E-state index in [4.69, 9.17) is 10.3 Å². The van der Waals surface area contributed by atoms with E-state index >= 15 is 0 Å². The fraction of sp³-hybridized carbons (Fsp3) is 0.857. The molecule has 0 radical (unpaired) electrons. The largest absolute Gasteiger partial charge is 0.338 e. The standard InChI is InChI=1S/C14H27N5O/c1-5-11(2)19-8-6-18(7-9-19)10-12-16-13(17-20-12)14(3,4)15/h11H,5-10,15H2,1-4H3. The molecule has 0 aliphatic carbocycles. The number of nitrogens with two attached hydrogens (primary N) is 1. The van der Waals surface area contributed by atoms with Crippen LogP contribution in [0.5, 0.6) is 0 Å². The Kier molecular flexibility index (Phi) is 4.78. The zero-order chi connectivity index (χ0) is 14.8. The van der Waals surface area contributed by atoms with E-state index in [0.29, 0.717) is 17.8 Å². The molecule has 1 atom stereocenters. The monoisotopic (exact) mass is 281 g/mol. The Labute approximate surface area is 121 Å². The highest BCUT2D eigenvalue weighted by molar-refractivity contribution is 4.99. The smallest absolute Gasteiger partial charge is 0.240 e. The summed E-state index contributed by atoms with van der Waals surface area (Å²) in [5, 5.41) is 3.96. The van der Waals surface area contributed by atoms with E-state index in [9.17, 15) is 0 Å². The van der Waals surface area contributed by atoms with E-state index in [1.54, 1.807) is 0 Å². The van der Waals surface area contributed by atoms with Crippen molar-refractivity contribution in [2.45, 2.75) is 52.2 Å². The van der Waals surface area contributed by atoms with Gasteiger partial charge in [0.15, 0.2) is 5.82 Å². The lowest BCUT2D eigenvalue weighted by atomic mass is 10.1. The van der Waals surface area contributed by atoms with Crippen LogP contribution in [0.25, 0.3) is 0 Å². The van der Waals surface area contributed by atoms with Gasteiger partial charge in [0, 0.05) is 32.2 Å². The molecule has 1 fully saturated rings. The number of hydrogen-bond donors (Lipinski definition) is 1. The topological polar surface area (TPSA) is 71.4 Å². The molecule has 1 unspecified atom stereocenters. The Morgan fingerprint density at radius 1 is 1.30 bits per heavy atom. The molecule has 0 bridgehead atoms. The molecule has 2 rings (SSSR count). The maximum absolute atomic E-state index is 5.96. The van der Waals surface area contributed by atoms with Crippen LogP contribution in [0.3, 0.4) is 0 Å². The molecule has 1 aromatic heterocycles. The molecule has 6 nitrogen and oxygen atoms in total. The van der Waals surface area contributed by atoms with Gasteiger partial charge in [-0.25, -0.2) is 0 Å². The lowest BCUT2D eigenvalue weighted by Crippen LogP contribution is -2.49. The van der Waals surface area contributed by atoms with Gasteiger partial charge < -0.3 is 10.3 Å². The van der Waals surface area contributed by atoms with Crippen molar-refractivity contribution >= 4 is 0 Å². The van der Waals surface area contributed by atoms with Gasteiger partial charge in [0.05, 0.1) is 12.1 Å². The molecule has 2 heterocycles. The highest BCUT2D eigenvalue weighted by Gasteiger charge is 2.24. The van der Waals surface area contributed by atoms with Crippen molar-refractivity contribution < 1.29 is 4.52 Å². The fourth-order valence-corrected chi connectivity index (χ4v) is 2.39. The Bertz CT molecular complexity index is 417. The molecule has 1 aliphatic rings. The van der Waals surface area contributed by atoms with E-state index in [-0.39, 0.29) is 0 Å². The molecule has 20 heavy (non-hydrogen) atoms. The first kappa shape index (κ1) is 15.4. The predicted molar refractivity (Wildman–Crippen MR) is 78.1 cm³/mol. The number of rotatable bonds is 5. The van der Waals surface area contributed by atoms with Gasteiger partial charge in [-0.3, -0.25) is 9.80 Å². The van der Waals surface area contributed by atoms with Gasteiger partial charge in [0.1, 0.15) is 0 Å². The van der Waals surface area contributed by atoms with Crippen LogP contribution in [0, 0.1) is 0 Å². The number of aromatic nitrogens is 2. The van der Waals surface area contributed by atoms with Gasteiger partial charge in [-0.15, -0.1) is 0 Å². The number of nitrogens with zero attached hydrogens (tertiary/aromatic N) is 4. The van der Waals surface area contributed by atoms with Crippen LogP contribution < -0.4 is 5.73 Å². The summed E-state index contributed by atoms with van der Waals surface area (Å²) in [4.78, 5) is 9.29. The first-order valence-corrected chi connectivity index (χ1v) is 7.48. The summed E-state index contributed by atoms with van der Waals surface area (Å²) in [5.74, 6) is 1.24. The zero-order valence-corrected chi connectivity index (χ0v) is 13.1. The predicted octanol–water partition coefficient (Wildman–Crippen LogP) is 1.18. The summed E-state index contributed by atoms with van der Waals surface area (Å²) >= 11 is 0. The van der Waals surface area contributed by atoms with Crippen molar-refractivity contribution in [2.24, 2.45) is 5.73 Å². The lowest BCUT2D eigenvalue weighted by Gasteiger charge is -2.37.